The molecule has 0 saturated carbocycles. The normalized spacial score (nSPS) is 13.2. The van der Waals surface area contributed by atoms with Crippen LogP contribution in [-0.4, -0.2) is 45.1 Å². The molecule has 11 heteroatoms. The molecule has 0 amide bonds. The fraction of sp³-hybridized carbons (Fsp3) is 0.444. The Morgan fingerprint density at radius 1 is 1.17 bits per heavy atom. The quantitative estimate of drug-likeness (QED) is 0.390. The van der Waals surface area contributed by atoms with Crippen LogP contribution in [0.3, 0.4) is 0 Å². The van der Waals surface area contributed by atoms with Crippen LogP contribution < -0.4 is 10.2 Å². The number of nitrogens with zero attached hydrogens (tertiary/aromatic N) is 3. The SMILES string of the molecule is CCOC(F)(F)C(=N)n1cc(-c2ccc(OC(CC)C(C)(F)F)nc2)ncc1=N. The molecule has 2 heterocycles. The minimum Gasteiger partial charge on any atom is -0.468 e. The predicted molar refractivity (Wildman–Crippen MR) is 96.3 cm³/mol. The third-order valence-electron chi connectivity index (χ3n) is 3.91. The summed E-state index contributed by atoms with van der Waals surface area (Å²) in [4.78, 5) is 7.93. The second-order valence-corrected chi connectivity index (χ2v) is 6.18. The minimum atomic E-state index is -3.88. The van der Waals surface area contributed by atoms with Crippen LogP contribution in [0, 0.1) is 10.8 Å². The maximum absolute atomic E-state index is 13.9. The monoisotopic (exact) mass is 415 g/mol. The van der Waals surface area contributed by atoms with E-state index >= 15 is 0 Å². The largest absolute Gasteiger partial charge is 0.468 e. The fourth-order valence-electron chi connectivity index (χ4n) is 2.43. The summed E-state index contributed by atoms with van der Waals surface area (Å²) in [6.07, 6.45) is -1.80. The van der Waals surface area contributed by atoms with Crippen molar-refractivity contribution in [1.82, 2.24) is 14.5 Å². The van der Waals surface area contributed by atoms with Crippen molar-refractivity contribution < 1.29 is 27.0 Å². The summed E-state index contributed by atoms with van der Waals surface area (Å²) < 4.78 is 64.7. The highest BCUT2D eigenvalue weighted by Gasteiger charge is 2.38. The van der Waals surface area contributed by atoms with E-state index in [9.17, 15) is 17.6 Å². The van der Waals surface area contributed by atoms with Crippen molar-refractivity contribution in [2.45, 2.75) is 45.3 Å². The van der Waals surface area contributed by atoms with Gasteiger partial charge in [0.05, 0.1) is 18.5 Å². The summed E-state index contributed by atoms with van der Waals surface area (Å²) in [7, 11) is 0. The summed E-state index contributed by atoms with van der Waals surface area (Å²) in [5, 5.41) is 15.4. The second kappa shape index (κ2) is 8.68. The summed E-state index contributed by atoms with van der Waals surface area (Å²) in [5.74, 6) is -4.31. The first kappa shape index (κ1) is 22.5. The molecule has 1 atom stereocenters. The lowest BCUT2D eigenvalue weighted by Crippen LogP contribution is -2.41. The van der Waals surface area contributed by atoms with Crippen molar-refractivity contribution in [2.24, 2.45) is 0 Å². The van der Waals surface area contributed by atoms with Crippen molar-refractivity contribution in [1.29, 1.82) is 10.8 Å². The van der Waals surface area contributed by atoms with E-state index in [1.807, 2.05) is 0 Å². The first-order chi connectivity index (χ1) is 13.5. The number of ether oxygens (including phenoxy) is 2. The van der Waals surface area contributed by atoms with Gasteiger partial charge < -0.3 is 9.47 Å². The molecule has 0 aromatic carbocycles. The van der Waals surface area contributed by atoms with Gasteiger partial charge in [0.15, 0.2) is 6.10 Å². The van der Waals surface area contributed by atoms with Crippen molar-refractivity contribution >= 4 is 5.84 Å². The average molecular weight is 415 g/mol. The Morgan fingerprint density at radius 3 is 2.38 bits per heavy atom. The highest BCUT2D eigenvalue weighted by atomic mass is 19.3. The van der Waals surface area contributed by atoms with E-state index in [-0.39, 0.29) is 24.6 Å². The van der Waals surface area contributed by atoms with Crippen molar-refractivity contribution in [2.75, 3.05) is 6.61 Å². The molecule has 2 aromatic heterocycles. The molecular formula is C18H21F4N5O2. The molecule has 0 bridgehead atoms. The molecular weight excluding hydrogens is 394 g/mol. The topological polar surface area (TPSA) is 96.9 Å². The number of pyridine rings is 1. The summed E-state index contributed by atoms with van der Waals surface area (Å²) in [6, 6.07) is 2.81. The van der Waals surface area contributed by atoms with Crippen LogP contribution >= 0.6 is 0 Å². The molecule has 0 saturated heterocycles. The molecule has 0 aliphatic carbocycles. The zero-order valence-electron chi connectivity index (χ0n) is 16.0. The highest BCUT2D eigenvalue weighted by Crippen LogP contribution is 2.26. The summed E-state index contributed by atoms with van der Waals surface area (Å²) in [6.45, 7) is 3.36. The van der Waals surface area contributed by atoms with E-state index in [2.05, 4.69) is 14.7 Å². The number of rotatable bonds is 8. The van der Waals surface area contributed by atoms with E-state index in [4.69, 9.17) is 15.6 Å². The van der Waals surface area contributed by atoms with Crippen molar-refractivity contribution in [3.05, 3.63) is 36.2 Å². The third kappa shape index (κ3) is 5.37. The molecule has 0 fully saturated rings. The van der Waals surface area contributed by atoms with Crippen LogP contribution in [0.5, 0.6) is 5.88 Å². The average Bonchev–Trinajstić information content (AvgIpc) is 2.65. The van der Waals surface area contributed by atoms with Gasteiger partial charge in [0.2, 0.25) is 11.7 Å². The lowest BCUT2D eigenvalue weighted by Gasteiger charge is -2.22. The third-order valence-corrected chi connectivity index (χ3v) is 3.91. The van der Waals surface area contributed by atoms with Gasteiger partial charge >= 0.3 is 6.11 Å². The Bertz CT molecular complexity index is 910. The molecule has 0 radical (unpaired) electrons. The molecule has 158 valence electrons. The molecule has 2 rings (SSSR count). The van der Waals surface area contributed by atoms with Crippen LogP contribution in [0.4, 0.5) is 17.6 Å². The second-order valence-electron chi connectivity index (χ2n) is 6.18. The Balaban J connectivity index is 2.30. The predicted octanol–water partition coefficient (Wildman–Crippen LogP) is 3.69. The van der Waals surface area contributed by atoms with E-state index in [1.54, 1.807) is 6.92 Å². The Kier molecular flexibility index (Phi) is 6.73. The summed E-state index contributed by atoms with van der Waals surface area (Å²) >= 11 is 0. The lowest BCUT2D eigenvalue weighted by atomic mass is 10.1. The molecule has 1 unspecified atom stereocenters. The molecule has 29 heavy (non-hydrogen) atoms. The van der Waals surface area contributed by atoms with Crippen molar-refractivity contribution in [3.63, 3.8) is 0 Å². The number of hydrogen-bond acceptors (Lipinski definition) is 6. The van der Waals surface area contributed by atoms with E-state index < -0.39 is 29.5 Å². The van der Waals surface area contributed by atoms with Gasteiger partial charge in [-0.1, -0.05) is 6.92 Å². The molecule has 2 N–H and O–H groups in total. The Hall–Kier alpha value is -2.82. The molecule has 0 spiro atoms. The van der Waals surface area contributed by atoms with Crippen LogP contribution in [0.1, 0.15) is 27.2 Å². The first-order valence-electron chi connectivity index (χ1n) is 8.75. The molecule has 7 nitrogen and oxygen atoms in total. The van der Waals surface area contributed by atoms with Gasteiger partial charge in [0.25, 0.3) is 5.92 Å². The number of halogens is 4. The Labute approximate surface area is 164 Å². The number of aromatic nitrogens is 3. The maximum Gasteiger partial charge on any atom is 0.415 e. The number of hydrogen-bond donors (Lipinski definition) is 2. The highest BCUT2D eigenvalue weighted by molar-refractivity contribution is 5.87. The van der Waals surface area contributed by atoms with E-state index in [0.717, 1.165) is 19.3 Å². The standard InChI is InChI=1S/C18H21F4N5O2/c1-4-13(17(3,19)20)29-15-7-6-11(8-26-15)12-10-27(14(23)9-25-12)16(24)18(21,22)28-5-2/h6-10,13,23-24H,4-5H2,1-3H3. The molecule has 0 aliphatic rings. The fourth-order valence-corrected chi connectivity index (χ4v) is 2.43. The van der Waals surface area contributed by atoms with Crippen LogP contribution in [0.2, 0.25) is 0 Å². The smallest absolute Gasteiger partial charge is 0.415 e. The van der Waals surface area contributed by atoms with Crippen LogP contribution in [0.15, 0.2) is 30.7 Å². The lowest BCUT2D eigenvalue weighted by molar-refractivity contribution is -0.182. The van der Waals surface area contributed by atoms with Crippen LogP contribution in [0.25, 0.3) is 11.3 Å². The maximum atomic E-state index is 13.9. The number of alkyl halides is 4. The van der Waals surface area contributed by atoms with Gasteiger partial charge in [0, 0.05) is 30.9 Å². The van der Waals surface area contributed by atoms with Gasteiger partial charge in [-0.05, 0) is 19.4 Å². The van der Waals surface area contributed by atoms with Gasteiger partial charge in [-0.3, -0.25) is 20.4 Å². The van der Waals surface area contributed by atoms with E-state index in [1.165, 1.54) is 25.3 Å². The first-order valence-corrected chi connectivity index (χ1v) is 8.75. The van der Waals surface area contributed by atoms with Gasteiger partial charge in [-0.2, -0.15) is 8.78 Å². The summed E-state index contributed by atoms with van der Waals surface area (Å²) in [5.41, 5.74) is 0.0573. The number of nitrogens with one attached hydrogen (secondary N) is 2. The van der Waals surface area contributed by atoms with E-state index in [0.29, 0.717) is 10.1 Å². The van der Waals surface area contributed by atoms with Gasteiger partial charge in [0.1, 0.15) is 5.49 Å². The Morgan fingerprint density at radius 2 is 1.86 bits per heavy atom. The molecule has 0 aliphatic heterocycles. The minimum absolute atomic E-state index is 0.0252. The van der Waals surface area contributed by atoms with Gasteiger partial charge in [-0.25, -0.2) is 13.8 Å². The molecule has 2 aromatic rings. The zero-order valence-corrected chi connectivity index (χ0v) is 16.0. The van der Waals surface area contributed by atoms with Crippen LogP contribution in [-0.2, 0) is 4.74 Å². The van der Waals surface area contributed by atoms with Crippen molar-refractivity contribution in [3.8, 4) is 17.1 Å². The van der Waals surface area contributed by atoms with Gasteiger partial charge in [-0.15, -0.1) is 0 Å². The zero-order chi connectivity index (χ0) is 21.8.